The van der Waals surface area contributed by atoms with Crippen LogP contribution in [-0.2, 0) is 14.3 Å². The van der Waals surface area contributed by atoms with Gasteiger partial charge in [0.1, 0.15) is 5.60 Å². The second-order valence-corrected chi connectivity index (χ2v) is 11.7. The highest BCUT2D eigenvalue weighted by Crippen LogP contribution is 2.75. The van der Waals surface area contributed by atoms with Crippen LogP contribution < -0.4 is 5.32 Å². The monoisotopic (exact) mass is 502 g/mol. The minimum atomic E-state index is -0.952. The van der Waals surface area contributed by atoms with E-state index >= 15 is 0 Å². The molecule has 37 heavy (non-hydrogen) atoms. The second-order valence-electron chi connectivity index (χ2n) is 11.7. The van der Waals surface area contributed by atoms with E-state index in [2.05, 4.69) is 5.32 Å². The predicted molar refractivity (Wildman–Crippen MR) is 140 cm³/mol. The molecule has 3 amide bonds. The van der Waals surface area contributed by atoms with Gasteiger partial charge in [-0.3, -0.25) is 14.5 Å². The fourth-order valence-corrected chi connectivity index (χ4v) is 6.95. The largest absolute Gasteiger partial charge is 0.444 e. The summed E-state index contributed by atoms with van der Waals surface area (Å²) in [7, 11) is 0. The number of carbonyl (C=O) groups is 3. The van der Waals surface area contributed by atoms with Crippen molar-refractivity contribution in [1.82, 2.24) is 10.2 Å². The van der Waals surface area contributed by atoms with Gasteiger partial charge in [0.2, 0.25) is 11.8 Å². The molecule has 7 nitrogen and oxygen atoms in total. The maximum atomic E-state index is 13.8. The van der Waals surface area contributed by atoms with E-state index in [-0.39, 0.29) is 24.9 Å². The van der Waals surface area contributed by atoms with Crippen molar-refractivity contribution in [3.63, 3.8) is 0 Å². The van der Waals surface area contributed by atoms with Gasteiger partial charge < -0.3 is 15.2 Å². The number of fused-ring (bicyclic) bond motifs is 5. The molecule has 2 N–H and O–H groups in total. The van der Waals surface area contributed by atoms with E-state index in [1.54, 1.807) is 20.8 Å². The van der Waals surface area contributed by atoms with Crippen LogP contribution in [-0.4, -0.2) is 52.7 Å². The Morgan fingerprint density at radius 3 is 1.73 bits per heavy atom. The number of nitrogens with one attached hydrogen (secondary N) is 1. The second kappa shape index (κ2) is 8.55. The summed E-state index contributed by atoms with van der Waals surface area (Å²) in [6.45, 7) is 9.29. The third kappa shape index (κ3) is 3.62. The lowest BCUT2D eigenvalue weighted by molar-refractivity contribution is -0.143. The number of amides is 3. The zero-order valence-corrected chi connectivity index (χ0v) is 21.9. The van der Waals surface area contributed by atoms with Crippen molar-refractivity contribution in [2.45, 2.75) is 46.3 Å². The van der Waals surface area contributed by atoms with Crippen molar-refractivity contribution in [3.8, 4) is 0 Å². The van der Waals surface area contributed by atoms with Gasteiger partial charge in [-0.1, -0.05) is 74.5 Å². The van der Waals surface area contributed by atoms with E-state index in [0.717, 1.165) is 22.3 Å². The van der Waals surface area contributed by atoms with E-state index in [4.69, 9.17) is 4.74 Å². The summed E-state index contributed by atoms with van der Waals surface area (Å²) in [4.78, 5) is 41.0. The van der Waals surface area contributed by atoms with E-state index < -0.39 is 40.5 Å². The Hall–Kier alpha value is -3.45. The smallest absolute Gasteiger partial charge is 0.407 e. The van der Waals surface area contributed by atoms with Gasteiger partial charge in [0.05, 0.1) is 17.9 Å². The maximum absolute atomic E-state index is 13.8. The minimum absolute atomic E-state index is 0.0491. The van der Waals surface area contributed by atoms with Gasteiger partial charge in [-0.2, -0.15) is 0 Å². The number of rotatable bonds is 5. The molecule has 1 heterocycles. The molecular weight excluding hydrogens is 468 g/mol. The number of benzene rings is 2. The Morgan fingerprint density at radius 1 is 0.892 bits per heavy atom. The highest BCUT2D eigenvalue weighted by atomic mass is 16.6. The maximum Gasteiger partial charge on any atom is 0.407 e. The molecule has 3 aliphatic rings. The molecule has 2 bridgehead atoms. The molecule has 4 unspecified atom stereocenters. The lowest BCUT2D eigenvalue weighted by Crippen LogP contribution is -2.45. The number of aliphatic hydroxyl groups is 1. The summed E-state index contributed by atoms with van der Waals surface area (Å²) in [6, 6.07) is 19.7. The van der Waals surface area contributed by atoms with Crippen LogP contribution in [0.2, 0.25) is 0 Å². The number of hydrogen-bond donors (Lipinski definition) is 2. The summed E-state index contributed by atoms with van der Waals surface area (Å²) in [5, 5.41) is 14.5. The topological polar surface area (TPSA) is 95.9 Å². The lowest BCUT2D eigenvalue weighted by Gasteiger charge is -2.37. The molecular formula is C30H34N2O5. The number of hydrogen-bond acceptors (Lipinski definition) is 5. The standard InChI is InChI=1S/C30H34N2O5/c1-28(2,3)37-27(36)31-16-17-32-24(33)22-23(25(32)34)30(5)21(19-14-10-7-11-15-19)20(29(22,4)26(30)35)18-12-8-6-9-13-18/h6-15,22-23,26,35H,16-17H2,1-5H3,(H,31,36). The third-order valence-corrected chi connectivity index (χ3v) is 8.28. The Kier molecular flexibility index (Phi) is 5.83. The van der Waals surface area contributed by atoms with Crippen LogP contribution >= 0.6 is 0 Å². The Morgan fingerprint density at radius 2 is 1.32 bits per heavy atom. The number of alkyl carbamates (subject to hydrolysis) is 1. The highest BCUT2D eigenvalue weighted by Gasteiger charge is 2.78. The zero-order valence-electron chi connectivity index (χ0n) is 21.9. The van der Waals surface area contributed by atoms with Gasteiger partial charge >= 0.3 is 6.09 Å². The average molecular weight is 503 g/mol. The van der Waals surface area contributed by atoms with E-state index in [1.807, 2.05) is 74.5 Å². The molecule has 1 saturated heterocycles. The first-order valence-electron chi connectivity index (χ1n) is 12.8. The molecule has 194 valence electrons. The normalized spacial score (nSPS) is 30.6. The number of aliphatic hydroxyl groups excluding tert-OH is 1. The van der Waals surface area contributed by atoms with Gasteiger partial charge in [0.15, 0.2) is 0 Å². The van der Waals surface area contributed by atoms with Crippen LogP contribution in [0.1, 0.15) is 45.7 Å². The summed E-state index contributed by atoms with van der Waals surface area (Å²) < 4.78 is 5.27. The fourth-order valence-electron chi connectivity index (χ4n) is 6.95. The first kappa shape index (κ1) is 25.2. The molecule has 5 rings (SSSR count). The average Bonchev–Trinajstić information content (AvgIpc) is 3.29. The number of likely N-dealkylation sites (tertiary alicyclic amines) is 1. The first-order chi connectivity index (χ1) is 17.4. The Labute approximate surface area is 217 Å². The van der Waals surface area contributed by atoms with Crippen molar-refractivity contribution in [3.05, 3.63) is 71.8 Å². The quantitative estimate of drug-likeness (QED) is 0.600. The van der Waals surface area contributed by atoms with Crippen LogP contribution in [0.5, 0.6) is 0 Å². The van der Waals surface area contributed by atoms with Gasteiger partial charge in [0.25, 0.3) is 0 Å². The summed E-state index contributed by atoms with van der Waals surface area (Å²) in [5.74, 6) is -1.98. The predicted octanol–water partition coefficient (Wildman–Crippen LogP) is 4.12. The van der Waals surface area contributed by atoms with Crippen LogP contribution in [0.25, 0.3) is 11.1 Å². The third-order valence-electron chi connectivity index (χ3n) is 8.28. The van der Waals surface area contributed by atoms with Gasteiger partial charge in [-0.05, 0) is 43.0 Å². The van der Waals surface area contributed by atoms with Crippen LogP contribution in [0.3, 0.4) is 0 Å². The first-order valence-corrected chi connectivity index (χ1v) is 12.8. The number of carbonyl (C=O) groups excluding carboxylic acids is 3. The number of imide groups is 1. The fraction of sp³-hybridized carbons (Fsp3) is 0.433. The van der Waals surface area contributed by atoms with Gasteiger partial charge in [0, 0.05) is 23.9 Å². The van der Waals surface area contributed by atoms with Crippen molar-refractivity contribution in [1.29, 1.82) is 0 Å². The Bertz CT molecular complexity index is 1200. The molecule has 2 aromatic carbocycles. The molecule has 4 atom stereocenters. The Balaban J connectivity index is 1.53. The van der Waals surface area contributed by atoms with Gasteiger partial charge in [-0.25, -0.2) is 4.79 Å². The van der Waals surface area contributed by atoms with Crippen LogP contribution in [0, 0.1) is 22.7 Å². The van der Waals surface area contributed by atoms with Crippen molar-refractivity contribution in [2.24, 2.45) is 22.7 Å². The van der Waals surface area contributed by atoms with Gasteiger partial charge in [-0.15, -0.1) is 0 Å². The van der Waals surface area contributed by atoms with E-state index in [0.29, 0.717) is 0 Å². The van der Waals surface area contributed by atoms with E-state index in [1.165, 1.54) is 4.90 Å². The highest BCUT2D eigenvalue weighted by molar-refractivity contribution is 6.14. The van der Waals surface area contributed by atoms with Crippen molar-refractivity contribution >= 4 is 29.1 Å². The van der Waals surface area contributed by atoms with Crippen molar-refractivity contribution < 1.29 is 24.2 Å². The van der Waals surface area contributed by atoms with Crippen molar-refractivity contribution in [2.75, 3.05) is 13.1 Å². The lowest BCUT2D eigenvalue weighted by atomic mass is 9.63. The molecule has 0 spiro atoms. The zero-order chi connectivity index (χ0) is 26.8. The molecule has 2 aromatic rings. The van der Waals surface area contributed by atoms with E-state index in [9.17, 15) is 19.5 Å². The molecule has 7 heteroatoms. The number of ether oxygens (including phenoxy) is 1. The summed E-state index contributed by atoms with van der Waals surface area (Å²) in [6.07, 6.45) is -1.50. The van der Waals surface area contributed by atoms with Crippen LogP contribution in [0.4, 0.5) is 4.79 Å². The molecule has 2 aliphatic carbocycles. The molecule has 1 saturated carbocycles. The molecule has 2 fully saturated rings. The molecule has 1 aliphatic heterocycles. The number of nitrogens with zero attached hydrogens (tertiary/aromatic N) is 1. The van der Waals surface area contributed by atoms with Crippen LogP contribution in [0.15, 0.2) is 60.7 Å². The summed E-state index contributed by atoms with van der Waals surface area (Å²) in [5.41, 5.74) is 1.17. The molecule has 0 radical (unpaired) electrons. The molecule has 0 aromatic heterocycles. The summed E-state index contributed by atoms with van der Waals surface area (Å²) >= 11 is 0. The minimum Gasteiger partial charge on any atom is -0.444 e. The SMILES string of the molecule is CC(C)(C)OC(=O)NCCN1C(=O)C2C(C1=O)C1(C)C(c3ccccc3)=C(c3ccccc3)C2(C)C1O.